The predicted molar refractivity (Wildman–Crippen MR) is 73.3 cm³/mol. The maximum Gasteiger partial charge on any atom is 0.126 e. The van der Waals surface area contributed by atoms with Crippen molar-refractivity contribution in [1.82, 2.24) is 0 Å². The number of methoxy groups -OCH3 is 1. The van der Waals surface area contributed by atoms with Gasteiger partial charge in [-0.3, -0.25) is 0 Å². The average Bonchev–Trinajstić information content (AvgIpc) is 2.42. The molecular weight excluding hydrogens is 219 g/mol. The van der Waals surface area contributed by atoms with Crippen LogP contribution in [0.5, 0.6) is 5.75 Å². The Bertz CT molecular complexity index is 410. The summed E-state index contributed by atoms with van der Waals surface area (Å²) in [6.07, 6.45) is 0. The lowest BCUT2D eigenvalue weighted by Gasteiger charge is -2.03. The zero-order valence-corrected chi connectivity index (χ0v) is 10.8. The number of ether oxygens (including phenoxy) is 1. The van der Waals surface area contributed by atoms with Crippen molar-refractivity contribution >= 4 is 26.8 Å². The summed E-state index contributed by atoms with van der Waals surface area (Å²) in [7, 11) is 4.11. The number of carbonyl (C=O) groups is 1. The molecule has 2 rings (SSSR count). The van der Waals surface area contributed by atoms with Crippen LogP contribution in [0.2, 0.25) is 0 Å². The molecule has 16 heavy (non-hydrogen) atoms. The van der Waals surface area contributed by atoms with Crippen molar-refractivity contribution in [3.05, 3.63) is 42.5 Å². The van der Waals surface area contributed by atoms with Crippen LogP contribution < -0.4 is 4.74 Å². The van der Waals surface area contributed by atoms with Crippen molar-refractivity contribution in [2.45, 2.75) is 0 Å². The maximum atomic E-state index is 8.00. The van der Waals surface area contributed by atoms with Crippen molar-refractivity contribution in [1.29, 1.82) is 0 Å². The van der Waals surface area contributed by atoms with Gasteiger partial charge in [-0.1, -0.05) is 43.1 Å². The van der Waals surface area contributed by atoms with E-state index in [0.717, 1.165) is 5.75 Å². The fourth-order valence-electron chi connectivity index (χ4n) is 1.37. The summed E-state index contributed by atoms with van der Waals surface area (Å²) in [5.74, 6) is 0.938. The smallest absolute Gasteiger partial charge is 0.126 e. The van der Waals surface area contributed by atoms with Crippen LogP contribution in [0.15, 0.2) is 42.5 Å². The molecule has 86 valence electrons. The normalized spacial score (nSPS) is 8.19. The molecule has 0 fully saturated rings. The van der Waals surface area contributed by atoms with Crippen LogP contribution in [0.3, 0.4) is 0 Å². The quantitative estimate of drug-likeness (QED) is 0.711. The average molecular weight is 236 g/mol. The molecule has 3 heteroatoms. The van der Waals surface area contributed by atoms with Gasteiger partial charge in [-0.15, -0.1) is 9.24 Å². The second-order valence-corrected chi connectivity index (χ2v) is 2.68. The summed E-state index contributed by atoms with van der Waals surface area (Å²) in [6.45, 7) is 3.92. The highest BCUT2D eigenvalue weighted by Crippen LogP contribution is 2.24. The second-order valence-electron chi connectivity index (χ2n) is 2.68. The molecule has 2 aromatic rings. The van der Waals surface area contributed by atoms with E-state index < -0.39 is 0 Å². The molecule has 0 radical (unpaired) electrons. The van der Waals surface area contributed by atoms with E-state index >= 15 is 0 Å². The zero-order valence-electron chi connectivity index (χ0n) is 9.64. The first kappa shape index (κ1) is 14.6. The minimum absolute atomic E-state index is 0.938. The van der Waals surface area contributed by atoms with E-state index in [2.05, 4.69) is 27.4 Å². The largest absolute Gasteiger partial charge is 0.496 e. The van der Waals surface area contributed by atoms with E-state index in [1.165, 1.54) is 10.8 Å². The number of hydrogen-bond donors (Lipinski definition) is 0. The van der Waals surface area contributed by atoms with Crippen LogP contribution in [0.1, 0.15) is 0 Å². The lowest BCUT2D eigenvalue weighted by molar-refractivity contribution is -0.0979. The third-order valence-electron chi connectivity index (χ3n) is 1.97. The summed E-state index contributed by atoms with van der Waals surface area (Å²) < 4.78 is 5.23. The third kappa shape index (κ3) is 3.63. The molecular formula is C13H17O2P. The van der Waals surface area contributed by atoms with E-state index in [0.29, 0.717) is 0 Å². The Hall–Kier alpha value is -1.40. The van der Waals surface area contributed by atoms with Crippen LogP contribution in [-0.4, -0.2) is 20.6 Å². The van der Waals surface area contributed by atoms with E-state index in [1.807, 2.05) is 37.7 Å². The topological polar surface area (TPSA) is 26.3 Å². The Morgan fingerprint density at radius 1 is 1.00 bits per heavy atom. The first-order valence-corrected chi connectivity index (χ1v) is 5.95. The van der Waals surface area contributed by atoms with Gasteiger partial charge >= 0.3 is 0 Å². The van der Waals surface area contributed by atoms with Gasteiger partial charge in [0.2, 0.25) is 0 Å². The molecule has 0 saturated carbocycles. The number of hydrogen-bond acceptors (Lipinski definition) is 2. The molecule has 2 nitrogen and oxygen atoms in total. The Morgan fingerprint density at radius 3 is 2.19 bits per heavy atom. The van der Waals surface area contributed by atoms with Gasteiger partial charge in [0.05, 0.1) is 7.11 Å². The molecule has 1 atom stereocenters. The van der Waals surface area contributed by atoms with Crippen molar-refractivity contribution < 1.29 is 9.53 Å². The Morgan fingerprint density at radius 2 is 1.56 bits per heavy atom. The third-order valence-corrected chi connectivity index (χ3v) is 1.97. The lowest BCUT2D eigenvalue weighted by atomic mass is 10.1. The number of carbonyl (C=O) groups excluding carboxylic acids is 1. The van der Waals surface area contributed by atoms with Crippen LogP contribution >= 0.6 is 9.24 Å². The second kappa shape index (κ2) is 8.87. The summed E-state index contributed by atoms with van der Waals surface area (Å²) in [6, 6.07) is 14.2. The molecule has 0 aliphatic heterocycles. The Kier molecular flexibility index (Phi) is 8.10. The van der Waals surface area contributed by atoms with Gasteiger partial charge in [0.15, 0.2) is 0 Å². The Balaban J connectivity index is 0.000000509. The molecule has 0 saturated heterocycles. The Labute approximate surface area is 98.8 Å². The first-order chi connectivity index (χ1) is 7.92. The molecule has 2 aromatic carbocycles. The van der Waals surface area contributed by atoms with Crippen molar-refractivity contribution in [2.24, 2.45) is 0 Å². The summed E-state index contributed by atoms with van der Waals surface area (Å²) in [5.41, 5.74) is 0. The van der Waals surface area contributed by atoms with Crippen LogP contribution in [0.25, 0.3) is 10.8 Å². The number of fused-ring (bicyclic) bond motifs is 1. The van der Waals surface area contributed by atoms with Gasteiger partial charge in [-0.2, -0.15) is 0 Å². The molecule has 0 amide bonds. The molecule has 0 aliphatic rings. The molecule has 0 spiro atoms. The van der Waals surface area contributed by atoms with E-state index in [-0.39, 0.29) is 0 Å². The lowest BCUT2D eigenvalue weighted by Crippen LogP contribution is -1.83. The molecule has 0 bridgehead atoms. The van der Waals surface area contributed by atoms with Crippen molar-refractivity contribution in [3.8, 4) is 5.75 Å². The van der Waals surface area contributed by atoms with Crippen LogP contribution in [0.4, 0.5) is 0 Å². The van der Waals surface area contributed by atoms with Crippen molar-refractivity contribution in [2.75, 3.05) is 13.8 Å². The fourth-order valence-corrected chi connectivity index (χ4v) is 1.37. The highest BCUT2D eigenvalue weighted by molar-refractivity contribution is 7.15. The molecule has 0 aliphatic carbocycles. The number of benzene rings is 2. The molecule has 0 aromatic heterocycles. The number of rotatable bonds is 1. The summed E-state index contributed by atoms with van der Waals surface area (Å²) >= 11 is 0. The molecule has 1 unspecified atom stereocenters. The van der Waals surface area contributed by atoms with Crippen LogP contribution in [-0.2, 0) is 4.79 Å². The van der Waals surface area contributed by atoms with Crippen LogP contribution in [0, 0.1) is 0 Å². The molecule has 0 N–H and O–H groups in total. The summed E-state index contributed by atoms with van der Waals surface area (Å²) in [4.78, 5) is 8.00. The monoisotopic (exact) mass is 236 g/mol. The first-order valence-electron chi connectivity index (χ1n) is 4.80. The minimum atomic E-state index is 0.938. The predicted octanol–water partition coefficient (Wildman–Crippen LogP) is 3.15. The van der Waals surface area contributed by atoms with Crippen molar-refractivity contribution in [3.63, 3.8) is 0 Å². The van der Waals surface area contributed by atoms with E-state index in [9.17, 15) is 0 Å². The summed E-state index contributed by atoms with van der Waals surface area (Å²) in [5, 5.41) is 2.39. The zero-order chi connectivity index (χ0) is 12.4. The van der Waals surface area contributed by atoms with Gasteiger partial charge in [0.1, 0.15) is 12.5 Å². The maximum absolute atomic E-state index is 8.00. The minimum Gasteiger partial charge on any atom is -0.496 e. The van der Waals surface area contributed by atoms with Gasteiger partial charge in [-0.25, -0.2) is 0 Å². The highest BCUT2D eigenvalue weighted by Gasteiger charge is 1.96. The van der Waals surface area contributed by atoms with Gasteiger partial charge in [0.25, 0.3) is 0 Å². The van der Waals surface area contributed by atoms with Gasteiger partial charge in [-0.05, 0) is 11.5 Å². The van der Waals surface area contributed by atoms with Gasteiger partial charge in [0, 0.05) is 5.39 Å². The van der Waals surface area contributed by atoms with E-state index in [1.54, 1.807) is 7.11 Å². The molecule has 0 heterocycles. The van der Waals surface area contributed by atoms with Gasteiger partial charge < -0.3 is 9.53 Å². The highest BCUT2D eigenvalue weighted by atomic mass is 31.0. The fraction of sp³-hybridized carbons (Fsp3) is 0.154. The standard InChI is InChI=1S/C11H10O.CH2O.CH5P/c1-12-11-8-4-6-9-5-2-3-7-10(9)11;2*1-2/h2-8H,1H3;1H2;2H2,1H3. The van der Waals surface area contributed by atoms with E-state index in [4.69, 9.17) is 9.53 Å². The SMILES string of the molecule is C=O.COc1cccc2ccccc12.CP.